The van der Waals surface area contributed by atoms with E-state index in [-0.39, 0.29) is 24.6 Å². The lowest BCUT2D eigenvalue weighted by Crippen LogP contribution is -2.29. The van der Waals surface area contributed by atoms with E-state index in [1.807, 2.05) is 30.3 Å². The number of carboxylic acids is 1. The van der Waals surface area contributed by atoms with Gasteiger partial charge in [0.05, 0.1) is 14.7 Å². The van der Waals surface area contributed by atoms with Crippen molar-refractivity contribution >= 4 is 63.7 Å². The number of nitro groups is 1. The number of carboxylic acid groups (broad SMARTS) is 1. The van der Waals surface area contributed by atoms with Crippen LogP contribution in [0.5, 0.6) is 0 Å². The average Bonchev–Trinajstić information content (AvgIpc) is 3.00. The van der Waals surface area contributed by atoms with Crippen LogP contribution in [0.4, 0.5) is 5.69 Å². The third-order valence-electron chi connectivity index (χ3n) is 4.36. The summed E-state index contributed by atoms with van der Waals surface area (Å²) in [6.07, 6.45) is 1.83. The molecular formula is C21H18N2O5S3. The van der Waals surface area contributed by atoms with Crippen LogP contribution in [0.1, 0.15) is 24.0 Å². The first kappa shape index (κ1) is 23.0. The molecule has 0 saturated carbocycles. The molecule has 1 N–H and O–H groups in total. The summed E-state index contributed by atoms with van der Waals surface area (Å²) in [5.74, 6) is -0.639. The van der Waals surface area contributed by atoms with Crippen LogP contribution in [0.15, 0.2) is 58.3 Å². The van der Waals surface area contributed by atoms with Gasteiger partial charge in [0, 0.05) is 24.8 Å². The first-order valence-corrected chi connectivity index (χ1v) is 11.5. The van der Waals surface area contributed by atoms with Gasteiger partial charge in [-0.1, -0.05) is 60.4 Å². The number of thiocarbonyl (C=S) groups is 1. The molecule has 3 rings (SSSR count). The SMILES string of the molecule is O=C(O)CCCN1C(=O)/C(=C/c2ccc(SCc3ccccc3)c([N+](=O)[O-])c2)SC1=S. The zero-order chi connectivity index (χ0) is 22.4. The van der Waals surface area contributed by atoms with Crippen molar-refractivity contribution in [2.75, 3.05) is 6.54 Å². The molecule has 0 radical (unpaired) electrons. The fourth-order valence-electron chi connectivity index (χ4n) is 2.86. The van der Waals surface area contributed by atoms with Crippen molar-refractivity contribution < 1.29 is 19.6 Å². The Balaban J connectivity index is 1.75. The van der Waals surface area contributed by atoms with Crippen molar-refractivity contribution in [1.82, 2.24) is 4.90 Å². The minimum atomic E-state index is -0.932. The Morgan fingerprint density at radius 3 is 2.68 bits per heavy atom. The molecule has 1 heterocycles. The van der Waals surface area contributed by atoms with Crippen LogP contribution in [0, 0.1) is 10.1 Å². The lowest BCUT2D eigenvalue weighted by molar-refractivity contribution is -0.387. The molecule has 1 saturated heterocycles. The predicted octanol–water partition coefficient (Wildman–Crippen LogP) is 4.95. The van der Waals surface area contributed by atoms with Gasteiger partial charge in [-0.25, -0.2) is 0 Å². The maximum Gasteiger partial charge on any atom is 0.303 e. The fourth-order valence-corrected chi connectivity index (χ4v) is 5.13. The summed E-state index contributed by atoms with van der Waals surface area (Å²) in [4.78, 5) is 36.7. The maximum atomic E-state index is 12.6. The zero-order valence-electron chi connectivity index (χ0n) is 16.2. The Morgan fingerprint density at radius 1 is 1.26 bits per heavy atom. The predicted molar refractivity (Wildman–Crippen MR) is 126 cm³/mol. The van der Waals surface area contributed by atoms with Crippen LogP contribution < -0.4 is 0 Å². The highest BCUT2D eigenvalue weighted by Crippen LogP contribution is 2.36. The number of carbonyl (C=O) groups excluding carboxylic acids is 1. The normalized spacial score (nSPS) is 15.0. The third-order valence-corrected chi connectivity index (χ3v) is 6.87. The second-order valence-electron chi connectivity index (χ2n) is 6.59. The molecule has 1 amide bonds. The summed E-state index contributed by atoms with van der Waals surface area (Å²) < 4.78 is 0.353. The molecule has 0 aliphatic carbocycles. The molecule has 0 bridgehead atoms. The number of nitro benzene ring substituents is 1. The topological polar surface area (TPSA) is 101 Å². The Bertz CT molecular complexity index is 1060. The summed E-state index contributed by atoms with van der Waals surface area (Å²) in [7, 11) is 0. The minimum absolute atomic E-state index is 0.0217. The number of amides is 1. The highest BCUT2D eigenvalue weighted by atomic mass is 32.2. The summed E-state index contributed by atoms with van der Waals surface area (Å²) in [5, 5.41) is 20.3. The van der Waals surface area contributed by atoms with Gasteiger partial charge in [0.15, 0.2) is 0 Å². The number of aliphatic carboxylic acids is 1. The number of thioether (sulfide) groups is 2. The lowest BCUT2D eigenvalue weighted by Gasteiger charge is -2.13. The Hall–Kier alpha value is -2.69. The highest BCUT2D eigenvalue weighted by molar-refractivity contribution is 8.26. The number of rotatable bonds is 9. The molecule has 0 atom stereocenters. The Morgan fingerprint density at radius 2 is 2.00 bits per heavy atom. The molecule has 0 aromatic heterocycles. The van der Waals surface area contributed by atoms with E-state index < -0.39 is 10.9 Å². The summed E-state index contributed by atoms with van der Waals surface area (Å²) in [6, 6.07) is 14.6. The van der Waals surface area contributed by atoms with E-state index in [1.165, 1.54) is 22.7 Å². The van der Waals surface area contributed by atoms with E-state index in [2.05, 4.69) is 0 Å². The van der Waals surface area contributed by atoms with E-state index in [1.54, 1.807) is 18.2 Å². The van der Waals surface area contributed by atoms with E-state index in [9.17, 15) is 19.7 Å². The Labute approximate surface area is 192 Å². The first-order chi connectivity index (χ1) is 14.8. The lowest BCUT2D eigenvalue weighted by atomic mass is 10.2. The van der Waals surface area contributed by atoms with Gasteiger partial charge in [0.25, 0.3) is 11.6 Å². The third kappa shape index (κ3) is 6.16. The van der Waals surface area contributed by atoms with Crippen LogP contribution in [0.25, 0.3) is 6.08 Å². The van der Waals surface area contributed by atoms with E-state index >= 15 is 0 Å². The standard InChI is InChI=1S/C21H18N2O5S3/c24-19(25)7-4-10-22-20(26)18(31-21(22)29)12-15-8-9-17(16(11-15)23(27)28)30-13-14-5-2-1-3-6-14/h1-3,5-6,8-9,11-12H,4,7,10,13H2,(H,24,25)/b18-12-. The minimum Gasteiger partial charge on any atom is -0.481 e. The van der Waals surface area contributed by atoms with E-state index in [0.29, 0.717) is 31.9 Å². The first-order valence-electron chi connectivity index (χ1n) is 9.27. The van der Waals surface area contributed by atoms with Gasteiger partial charge in [0.1, 0.15) is 4.32 Å². The summed E-state index contributed by atoms with van der Waals surface area (Å²) in [6.45, 7) is 0.226. The number of hydrogen-bond acceptors (Lipinski definition) is 7. The molecule has 160 valence electrons. The van der Waals surface area contributed by atoms with Gasteiger partial charge in [-0.15, -0.1) is 11.8 Å². The second kappa shape index (κ2) is 10.6. The molecule has 2 aromatic rings. The number of benzene rings is 2. The molecule has 1 aliphatic rings. The summed E-state index contributed by atoms with van der Waals surface area (Å²) >= 11 is 7.72. The smallest absolute Gasteiger partial charge is 0.303 e. The van der Waals surface area contributed by atoms with Crippen LogP contribution in [0.3, 0.4) is 0 Å². The quantitative estimate of drug-likeness (QED) is 0.179. The van der Waals surface area contributed by atoms with Crippen molar-refractivity contribution in [2.45, 2.75) is 23.5 Å². The highest BCUT2D eigenvalue weighted by Gasteiger charge is 2.31. The average molecular weight is 475 g/mol. The van der Waals surface area contributed by atoms with E-state index in [0.717, 1.165) is 17.3 Å². The van der Waals surface area contributed by atoms with Gasteiger partial charge >= 0.3 is 5.97 Å². The molecule has 7 nitrogen and oxygen atoms in total. The summed E-state index contributed by atoms with van der Waals surface area (Å²) in [5.41, 5.74) is 1.57. The van der Waals surface area contributed by atoms with Gasteiger partial charge in [-0.3, -0.25) is 24.6 Å². The molecule has 31 heavy (non-hydrogen) atoms. The number of hydrogen-bond donors (Lipinski definition) is 1. The van der Waals surface area contributed by atoms with Gasteiger partial charge < -0.3 is 5.11 Å². The Kier molecular flexibility index (Phi) is 7.83. The molecule has 2 aromatic carbocycles. The van der Waals surface area contributed by atoms with Crippen LogP contribution >= 0.6 is 35.7 Å². The number of carbonyl (C=O) groups is 2. The van der Waals surface area contributed by atoms with Crippen LogP contribution in [-0.2, 0) is 15.3 Å². The molecule has 0 unspecified atom stereocenters. The van der Waals surface area contributed by atoms with Crippen molar-refractivity contribution in [3.05, 3.63) is 74.7 Å². The molecule has 1 fully saturated rings. The van der Waals surface area contributed by atoms with Gasteiger partial charge in [-0.2, -0.15) is 0 Å². The fraction of sp³-hybridized carbons (Fsp3) is 0.190. The van der Waals surface area contributed by atoms with Gasteiger partial charge in [0.2, 0.25) is 0 Å². The molecule has 10 heteroatoms. The molecule has 0 spiro atoms. The van der Waals surface area contributed by atoms with Gasteiger partial charge in [-0.05, 0) is 29.7 Å². The van der Waals surface area contributed by atoms with Crippen molar-refractivity contribution in [2.24, 2.45) is 0 Å². The monoisotopic (exact) mass is 474 g/mol. The van der Waals surface area contributed by atoms with Crippen LogP contribution in [0.2, 0.25) is 0 Å². The largest absolute Gasteiger partial charge is 0.481 e. The van der Waals surface area contributed by atoms with Crippen LogP contribution in [-0.4, -0.2) is 37.7 Å². The number of nitrogens with zero attached hydrogens (tertiary/aromatic N) is 2. The maximum absolute atomic E-state index is 12.6. The molecular weight excluding hydrogens is 456 g/mol. The van der Waals surface area contributed by atoms with Crippen molar-refractivity contribution in [1.29, 1.82) is 0 Å². The van der Waals surface area contributed by atoms with Crippen molar-refractivity contribution in [3.8, 4) is 0 Å². The van der Waals surface area contributed by atoms with E-state index in [4.69, 9.17) is 17.3 Å². The van der Waals surface area contributed by atoms with Crippen molar-refractivity contribution in [3.63, 3.8) is 0 Å². The zero-order valence-corrected chi connectivity index (χ0v) is 18.7. The second-order valence-corrected chi connectivity index (χ2v) is 9.28. The molecule has 1 aliphatic heterocycles.